The van der Waals surface area contributed by atoms with Gasteiger partial charge in [0.1, 0.15) is 5.82 Å². The van der Waals surface area contributed by atoms with Gasteiger partial charge in [0.15, 0.2) is 0 Å². The summed E-state index contributed by atoms with van der Waals surface area (Å²) in [6.45, 7) is 8.65. The van der Waals surface area contributed by atoms with Crippen LogP contribution in [-0.4, -0.2) is 6.04 Å². The van der Waals surface area contributed by atoms with Crippen LogP contribution in [0.3, 0.4) is 0 Å². The van der Waals surface area contributed by atoms with Crippen LogP contribution in [0.5, 0.6) is 0 Å². The fraction of sp³-hybridized carbons (Fsp3) is 0.538. The van der Waals surface area contributed by atoms with Crippen LogP contribution in [0.2, 0.25) is 0 Å². The minimum Gasteiger partial charge on any atom is -0.307 e. The molecule has 0 saturated carbocycles. The molecule has 2 atom stereocenters. The van der Waals surface area contributed by atoms with Crippen LogP contribution in [0.15, 0.2) is 24.3 Å². The van der Waals surface area contributed by atoms with Crippen molar-refractivity contribution in [1.82, 2.24) is 5.32 Å². The summed E-state index contributed by atoms with van der Waals surface area (Å²) < 4.78 is 12.7. The van der Waals surface area contributed by atoms with E-state index in [9.17, 15) is 4.39 Å². The SMILES string of the molecule is CC(C)C(C)N[C@@H](C)c1ccc(F)cc1. The van der Waals surface area contributed by atoms with Crippen molar-refractivity contribution in [2.75, 3.05) is 0 Å². The van der Waals surface area contributed by atoms with Crippen molar-refractivity contribution < 1.29 is 4.39 Å². The first-order chi connectivity index (χ1) is 7.00. The molecule has 1 aromatic rings. The van der Waals surface area contributed by atoms with Crippen molar-refractivity contribution in [3.05, 3.63) is 35.6 Å². The largest absolute Gasteiger partial charge is 0.307 e. The van der Waals surface area contributed by atoms with E-state index in [0.717, 1.165) is 5.56 Å². The Balaban J connectivity index is 2.61. The Bertz CT molecular complexity index is 292. The smallest absolute Gasteiger partial charge is 0.123 e. The molecule has 0 fully saturated rings. The van der Waals surface area contributed by atoms with Gasteiger partial charge in [0.05, 0.1) is 0 Å². The Morgan fingerprint density at radius 1 is 1.00 bits per heavy atom. The van der Waals surface area contributed by atoms with Gasteiger partial charge >= 0.3 is 0 Å². The van der Waals surface area contributed by atoms with Gasteiger partial charge in [0.25, 0.3) is 0 Å². The Labute approximate surface area is 91.7 Å². The zero-order chi connectivity index (χ0) is 11.4. The lowest BCUT2D eigenvalue weighted by Crippen LogP contribution is -2.32. The topological polar surface area (TPSA) is 12.0 Å². The molecule has 2 heteroatoms. The molecule has 0 aliphatic heterocycles. The Hall–Kier alpha value is -0.890. The number of benzene rings is 1. The third-order valence-corrected chi connectivity index (χ3v) is 2.88. The average Bonchev–Trinajstić information content (AvgIpc) is 2.18. The second-order valence-electron chi connectivity index (χ2n) is 4.47. The number of nitrogens with one attached hydrogen (secondary N) is 1. The lowest BCUT2D eigenvalue weighted by molar-refractivity contribution is 0.388. The minimum absolute atomic E-state index is 0.178. The fourth-order valence-electron chi connectivity index (χ4n) is 1.43. The number of hydrogen-bond acceptors (Lipinski definition) is 1. The van der Waals surface area contributed by atoms with Gasteiger partial charge in [-0.1, -0.05) is 26.0 Å². The molecule has 1 aromatic carbocycles. The molecule has 0 amide bonds. The zero-order valence-corrected chi connectivity index (χ0v) is 9.92. The van der Waals surface area contributed by atoms with Crippen LogP contribution in [0.1, 0.15) is 39.3 Å². The summed E-state index contributed by atoms with van der Waals surface area (Å²) in [7, 11) is 0. The first-order valence-corrected chi connectivity index (χ1v) is 5.52. The van der Waals surface area contributed by atoms with Gasteiger partial charge in [0.2, 0.25) is 0 Å². The molecule has 1 nitrogen and oxygen atoms in total. The minimum atomic E-state index is -0.178. The highest BCUT2D eigenvalue weighted by atomic mass is 19.1. The third kappa shape index (κ3) is 3.63. The van der Waals surface area contributed by atoms with Crippen molar-refractivity contribution in [2.24, 2.45) is 5.92 Å². The van der Waals surface area contributed by atoms with Crippen LogP contribution in [-0.2, 0) is 0 Å². The van der Waals surface area contributed by atoms with Crippen molar-refractivity contribution in [2.45, 2.75) is 39.8 Å². The second-order valence-corrected chi connectivity index (χ2v) is 4.47. The van der Waals surface area contributed by atoms with E-state index in [-0.39, 0.29) is 11.9 Å². The van der Waals surface area contributed by atoms with E-state index < -0.39 is 0 Å². The summed E-state index contributed by atoms with van der Waals surface area (Å²) >= 11 is 0. The molecule has 0 radical (unpaired) electrons. The lowest BCUT2D eigenvalue weighted by atomic mass is 10.0. The maximum absolute atomic E-state index is 12.7. The maximum Gasteiger partial charge on any atom is 0.123 e. The van der Waals surface area contributed by atoms with E-state index in [0.29, 0.717) is 12.0 Å². The molecular formula is C13H20FN. The van der Waals surface area contributed by atoms with E-state index in [1.807, 2.05) is 12.1 Å². The lowest BCUT2D eigenvalue weighted by Gasteiger charge is -2.23. The number of hydrogen-bond donors (Lipinski definition) is 1. The molecule has 0 bridgehead atoms. The summed E-state index contributed by atoms with van der Waals surface area (Å²) in [4.78, 5) is 0. The summed E-state index contributed by atoms with van der Waals surface area (Å²) in [5.74, 6) is 0.427. The Morgan fingerprint density at radius 3 is 2.00 bits per heavy atom. The molecule has 1 unspecified atom stereocenters. The molecule has 0 heterocycles. The molecule has 0 spiro atoms. The van der Waals surface area contributed by atoms with E-state index in [2.05, 4.69) is 33.0 Å². The highest BCUT2D eigenvalue weighted by Crippen LogP contribution is 2.15. The van der Waals surface area contributed by atoms with Crippen LogP contribution >= 0.6 is 0 Å². The number of halogens is 1. The molecule has 0 aliphatic rings. The van der Waals surface area contributed by atoms with Crippen LogP contribution < -0.4 is 5.32 Å². The quantitative estimate of drug-likeness (QED) is 0.800. The standard InChI is InChI=1S/C13H20FN/c1-9(2)10(3)15-11(4)12-5-7-13(14)8-6-12/h5-11,15H,1-4H3/t10?,11-/m0/s1. The predicted octanol–water partition coefficient (Wildman–Crippen LogP) is 3.52. The van der Waals surface area contributed by atoms with E-state index >= 15 is 0 Å². The summed E-state index contributed by atoms with van der Waals surface area (Å²) in [5, 5.41) is 3.49. The molecular weight excluding hydrogens is 189 g/mol. The van der Waals surface area contributed by atoms with Gasteiger partial charge in [-0.3, -0.25) is 0 Å². The second kappa shape index (κ2) is 5.26. The molecule has 0 aromatic heterocycles. The average molecular weight is 209 g/mol. The van der Waals surface area contributed by atoms with Gasteiger partial charge in [-0.2, -0.15) is 0 Å². The van der Waals surface area contributed by atoms with Crippen molar-refractivity contribution in [1.29, 1.82) is 0 Å². The molecule has 0 aliphatic carbocycles. The molecule has 1 N–H and O–H groups in total. The number of rotatable bonds is 4. The van der Waals surface area contributed by atoms with Gasteiger partial charge in [-0.25, -0.2) is 4.39 Å². The highest BCUT2D eigenvalue weighted by molar-refractivity contribution is 5.19. The van der Waals surface area contributed by atoms with Gasteiger partial charge in [-0.15, -0.1) is 0 Å². The maximum atomic E-state index is 12.7. The van der Waals surface area contributed by atoms with Crippen molar-refractivity contribution in [3.63, 3.8) is 0 Å². The van der Waals surface area contributed by atoms with E-state index in [4.69, 9.17) is 0 Å². The summed E-state index contributed by atoms with van der Waals surface area (Å²) in [5.41, 5.74) is 1.13. The first kappa shape index (κ1) is 12.2. The van der Waals surface area contributed by atoms with Crippen LogP contribution in [0, 0.1) is 11.7 Å². The zero-order valence-electron chi connectivity index (χ0n) is 9.92. The third-order valence-electron chi connectivity index (χ3n) is 2.88. The summed E-state index contributed by atoms with van der Waals surface area (Å²) in [6.07, 6.45) is 0. The normalized spacial score (nSPS) is 15.3. The fourth-order valence-corrected chi connectivity index (χ4v) is 1.43. The van der Waals surface area contributed by atoms with E-state index in [1.54, 1.807) is 0 Å². The monoisotopic (exact) mass is 209 g/mol. The Morgan fingerprint density at radius 2 is 1.53 bits per heavy atom. The molecule has 1 rings (SSSR count). The van der Waals surface area contributed by atoms with Crippen LogP contribution in [0.4, 0.5) is 4.39 Å². The molecule has 15 heavy (non-hydrogen) atoms. The molecule has 84 valence electrons. The first-order valence-electron chi connectivity index (χ1n) is 5.52. The van der Waals surface area contributed by atoms with Gasteiger partial charge in [-0.05, 0) is 37.5 Å². The highest BCUT2D eigenvalue weighted by Gasteiger charge is 2.11. The van der Waals surface area contributed by atoms with E-state index in [1.165, 1.54) is 12.1 Å². The van der Waals surface area contributed by atoms with Crippen molar-refractivity contribution >= 4 is 0 Å². The van der Waals surface area contributed by atoms with Gasteiger partial charge < -0.3 is 5.32 Å². The van der Waals surface area contributed by atoms with Crippen LogP contribution in [0.25, 0.3) is 0 Å². The predicted molar refractivity (Wildman–Crippen MR) is 62.3 cm³/mol. The Kier molecular flexibility index (Phi) is 4.28. The van der Waals surface area contributed by atoms with Gasteiger partial charge in [0, 0.05) is 12.1 Å². The van der Waals surface area contributed by atoms with Crippen molar-refractivity contribution in [3.8, 4) is 0 Å². The summed E-state index contributed by atoms with van der Waals surface area (Å²) in [6, 6.07) is 7.41. The molecule has 0 saturated heterocycles.